The van der Waals surface area contributed by atoms with E-state index in [4.69, 9.17) is 0 Å². The lowest BCUT2D eigenvalue weighted by Gasteiger charge is -2.08. The summed E-state index contributed by atoms with van der Waals surface area (Å²) < 4.78 is 3.00. The maximum atomic E-state index is 12.2. The molecule has 0 unspecified atom stereocenters. The summed E-state index contributed by atoms with van der Waals surface area (Å²) in [5.41, 5.74) is 2.84. The monoisotopic (exact) mass is 389 g/mol. The third-order valence-electron chi connectivity index (χ3n) is 3.42. The van der Waals surface area contributed by atoms with Crippen LogP contribution in [0.15, 0.2) is 58.2 Å². The van der Waals surface area contributed by atoms with E-state index >= 15 is 0 Å². The van der Waals surface area contributed by atoms with Gasteiger partial charge < -0.3 is 9.88 Å². The van der Waals surface area contributed by atoms with Crippen LogP contribution in [-0.2, 0) is 11.3 Å². The molecule has 0 bridgehead atoms. The number of nitrogens with one attached hydrogen (secondary N) is 1. The van der Waals surface area contributed by atoms with Crippen molar-refractivity contribution in [3.05, 3.63) is 53.0 Å². The van der Waals surface area contributed by atoms with E-state index < -0.39 is 0 Å². The highest BCUT2D eigenvalue weighted by molar-refractivity contribution is 9.10. The Hall–Kier alpha value is -1.79. The number of benzene rings is 2. The second kappa shape index (κ2) is 7.19. The molecule has 118 valence electrons. The normalized spacial score (nSPS) is 10.9. The molecule has 2 aromatic carbocycles. The Balaban J connectivity index is 1.71. The first-order valence-electron chi connectivity index (χ1n) is 7.31. The minimum absolute atomic E-state index is 0.0448. The summed E-state index contributed by atoms with van der Waals surface area (Å²) in [6.45, 7) is 2.91. The van der Waals surface area contributed by atoms with E-state index in [1.165, 1.54) is 11.8 Å². The molecule has 23 heavy (non-hydrogen) atoms. The lowest BCUT2D eigenvalue weighted by Crippen LogP contribution is -2.14. The molecule has 1 heterocycles. The van der Waals surface area contributed by atoms with Gasteiger partial charge in [0, 0.05) is 11.0 Å². The SMILES string of the molecule is CCn1c(SCC(=O)Nc2ccccc2Br)nc2ccccc21. The van der Waals surface area contributed by atoms with E-state index in [2.05, 4.69) is 43.8 Å². The molecule has 0 fully saturated rings. The Labute approximate surface area is 147 Å². The molecule has 1 amide bonds. The van der Waals surface area contributed by atoms with Gasteiger partial charge >= 0.3 is 0 Å². The summed E-state index contributed by atoms with van der Waals surface area (Å²) >= 11 is 4.88. The van der Waals surface area contributed by atoms with Crippen LogP contribution < -0.4 is 5.32 Å². The molecule has 0 atom stereocenters. The van der Waals surface area contributed by atoms with Gasteiger partial charge in [0.15, 0.2) is 5.16 Å². The fourth-order valence-electron chi connectivity index (χ4n) is 2.35. The number of halogens is 1. The van der Waals surface area contributed by atoms with Crippen molar-refractivity contribution in [2.45, 2.75) is 18.6 Å². The summed E-state index contributed by atoms with van der Waals surface area (Å²) in [5, 5.41) is 3.78. The number of aromatic nitrogens is 2. The Kier molecular flexibility index (Phi) is 5.03. The first-order chi connectivity index (χ1) is 11.2. The number of rotatable bonds is 5. The molecule has 4 nitrogen and oxygen atoms in total. The topological polar surface area (TPSA) is 46.9 Å². The van der Waals surface area contributed by atoms with E-state index in [1.807, 2.05) is 42.5 Å². The Bertz CT molecular complexity index is 847. The quantitative estimate of drug-likeness (QED) is 0.651. The van der Waals surface area contributed by atoms with Crippen molar-refractivity contribution in [2.24, 2.45) is 0 Å². The van der Waals surface area contributed by atoms with Gasteiger partial charge in [-0.1, -0.05) is 36.0 Å². The predicted molar refractivity (Wildman–Crippen MR) is 98.9 cm³/mol. The summed E-state index contributed by atoms with van der Waals surface area (Å²) in [4.78, 5) is 16.8. The van der Waals surface area contributed by atoms with E-state index in [0.29, 0.717) is 5.75 Å². The number of fused-ring (bicyclic) bond motifs is 1. The number of carbonyl (C=O) groups excluding carboxylic acids is 1. The fourth-order valence-corrected chi connectivity index (χ4v) is 3.61. The van der Waals surface area contributed by atoms with Gasteiger partial charge in [-0.15, -0.1) is 0 Å². The lowest BCUT2D eigenvalue weighted by molar-refractivity contribution is -0.113. The Morgan fingerprint density at radius 1 is 1.22 bits per heavy atom. The van der Waals surface area contributed by atoms with Crippen LogP contribution >= 0.6 is 27.7 Å². The summed E-state index contributed by atoms with van der Waals surface area (Å²) in [5.74, 6) is 0.279. The van der Waals surface area contributed by atoms with E-state index in [9.17, 15) is 4.79 Å². The lowest BCUT2D eigenvalue weighted by atomic mass is 10.3. The number of hydrogen-bond donors (Lipinski definition) is 1. The minimum atomic E-state index is -0.0448. The van der Waals surface area contributed by atoms with Gasteiger partial charge in [-0.2, -0.15) is 0 Å². The predicted octanol–water partition coefficient (Wildman–Crippen LogP) is 4.55. The molecule has 3 rings (SSSR count). The van der Waals surface area contributed by atoms with Crippen LogP contribution in [0.4, 0.5) is 5.69 Å². The van der Waals surface area contributed by atoms with Gasteiger partial charge in [0.05, 0.1) is 22.5 Å². The molecule has 1 aromatic heterocycles. The average Bonchev–Trinajstić information content (AvgIpc) is 2.92. The maximum absolute atomic E-state index is 12.2. The van der Waals surface area contributed by atoms with Crippen LogP contribution in [0.5, 0.6) is 0 Å². The van der Waals surface area contributed by atoms with Gasteiger partial charge in [-0.3, -0.25) is 4.79 Å². The molecule has 0 radical (unpaired) electrons. The summed E-state index contributed by atoms with van der Waals surface area (Å²) in [7, 11) is 0. The number of nitrogens with zero attached hydrogens (tertiary/aromatic N) is 2. The van der Waals surface area contributed by atoms with Crippen LogP contribution in [0.2, 0.25) is 0 Å². The molecule has 0 spiro atoms. The molecule has 0 saturated heterocycles. The largest absolute Gasteiger partial charge is 0.324 e. The number of amides is 1. The van der Waals surface area contributed by atoms with Gasteiger partial charge in [0.1, 0.15) is 0 Å². The molecule has 3 aromatic rings. The highest BCUT2D eigenvalue weighted by Crippen LogP contribution is 2.25. The van der Waals surface area contributed by atoms with Crippen molar-refractivity contribution in [3.8, 4) is 0 Å². The summed E-state index contributed by atoms with van der Waals surface area (Å²) in [6, 6.07) is 15.6. The third kappa shape index (κ3) is 3.59. The molecular formula is C17H16BrN3OS. The van der Waals surface area contributed by atoms with E-state index in [-0.39, 0.29) is 5.91 Å². The van der Waals surface area contributed by atoms with Crippen LogP contribution in [0.1, 0.15) is 6.92 Å². The van der Waals surface area contributed by atoms with Crippen molar-refractivity contribution in [2.75, 3.05) is 11.1 Å². The Morgan fingerprint density at radius 2 is 1.96 bits per heavy atom. The van der Waals surface area contributed by atoms with Crippen LogP contribution in [0, 0.1) is 0 Å². The van der Waals surface area contributed by atoms with Crippen molar-refractivity contribution < 1.29 is 4.79 Å². The highest BCUT2D eigenvalue weighted by atomic mass is 79.9. The number of aryl methyl sites for hydroxylation is 1. The number of hydrogen-bond acceptors (Lipinski definition) is 3. The first-order valence-corrected chi connectivity index (χ1v) is 9.09. The second-order valence-electron chi connectivity index (χ2n) is 4.94. The van der Waals surface area contributed by atoms with Crippen molar-refractivity contribution in [1.29, 1.82) is 0 Å². The molecule has 0 saturated carbocycles. The smallest absolute Gasteiger partial charge is 0.234 e. The standard InChI is InChI=1S/C17H16BrN3OS/c1-2-21-15-10-6-5-9-14(15)20-17(21)23-11-16(22)19-13-8-4-3-7-12(13)18/h3-10H,2,11H2,1H3,(H,19,22). The molecule has 1 N–H and O–H groups in total. The number of carbonyl (C=O) groups is 1. The first kappa shape index (κ1) is 16.1. The third-order valence-corrected chi connectivity index (χ3v) is 5.08. The van der Waals surface area contributed by atoms with Crippen molar-refractivity contribution in [3.63, 3.8) is 0 Å². The van der Waals surface area contributed by atoms with Crippen LogP contribution in [-0.4, -0.2) is 21.2 Å². The zero-order chi connectivity index (χ0) is 16.2. The van der Waals surface area contributed by atoms with E-state index in [1.54, 1.807) is 0 Å². The highest BCUT2D eigenvalue weighted by Gasteiger charge is 2.12. The molecule has 6 heteroatoms. The zero-order valence-electron chi connectivity index (χ0n) is 12.6. The van der Waals surface area contributed by atoms with Gasteiger partial charge in [-0.25, -0.2) is 4.98 Å². The summed E-state index contributed by atoms with van der Waals surface area (Å²) in [6.07, 6.45) is 0. The fraction of sp³-hybridized carbons (Fsp3) is 0.176. The second-order valence-corrected chi connectivity index (χ2v) is 6.74. The van der Waals surface area contributed by atoms with Gasteiger partial charge in [0.25, 0.3) is 0 Å². The van der Waals surface area contributed by atoms with Gasteiger partial charge in [-0.05, 0) is 47.1 Å². The maximum Gasteiger partial charge on any atom is 0.234 e. The number of anilines is 1. The van der Waals surface area contributed by atoms with Crippen LogP contribution in [0.25, 0.3) is 11.0 Å². The van der Waals surface area contributed by atoms with Crippen molar-refractivity contribution >= 4 is 50.3 Å². The van der Waals surface area contributed by atoms with Crippen LogP contribution in [0.3, 0.4) is 0 Å². The molecule has 0 aliphatic rings. The van der Waals surface area contributed by atoms with E-state index in [0.717, 1.165) is 32.9 Å². The van der Waals surface area contributed by atoms with Gasteiger partial charge in [0.2, 0.25) is 5.91 Å². The minimum Gasteiger partial charge on any atom is -0.324 e. The molecular weight excluding hydrogens is 374 g/mol. The number of thioether (sulfide) groups is 1. The van der Waals surface area contributed by atoms with Crippen molar-refractivity contribution in [1.82, 2.24) is 9.55 Å². The zero-order valence-corrected chi connectivity index (χ0v) is 15.0. The molecule has 0 aliphatic heterocycles. The number of imidazole rings is 1. The Morgan fingerprint density at radius 3 is 2.74 bits per heavy atom. The molecule has 0 aliphatic carbocycles. The average molecular weight is 390 g/mol. The number of para-hydroxylation sites is 3.